The molecule has 0 aromatic carbocycles. The van der Waals surface area contributed by atoms with E-state index in [-0.39, 0.29) is 0 Å². The molecule has 84 valence electrons. The molecular formula is C11H12N2O2S. The molecule has 0 atom stereocenters. The van der Waals surface area contributed by atoms with Crippen LogP contribution in [-0.2, 0) is 10.2 Å². The number of rotatable bonds is 3. The van der Waals surface area contributed by atoms with Gasteiger partial charge in [-0.15, -0.1) is 11.3 Å². The highest BCUT2D eigenvalue weighted by Gasteiger charge is 2.32. The number of nitrogens with one attached hydrogen (secondary N) is 1. The van der Waals surface area contributed by atoms with Crippen LogP contribution in [0.15, 0.2) is 23.8 Å². The van der Waals surface area contributed by atoms with Crippen LogP contribution < -0.4 is 0 Å². The van der Waals surface area contributed by atoms with Gasteiger partial charge in [0, 0.05) is 23.3 Å². The maximum Gasteiger partial charge on any atom is 0.315 e. The van der Waals surface area contributed by atoms with Crippen molar-refractivity contribution in [2.45, 2.75) is 19.3 Å². The second-order valence-electron chi connectivity index (χ2n) is 4.07. The molecule has 0 aliphatic carbocycles. The van der Waals surface area contributed by atoms with Gasteiger partial charge in [0.2, 0.25) is 0 Å². The molecule has 2 N–H and O–H groups in total. The van der Waals surface area contributed by atoms with Crippen molar-refractivity contribution in [1.29, 1.82) is 0 Å². The van der Waals surface area contributed by atoms with Crippen LogP contribution in [0.2, 0.25) is 0 Å². The molecule has 0 amide bonds. The largest absolute Gasteiger partial charge is 0.481 e. The second kappa shape index (κ2) is 3.75. The van der Waals surface area contributed by atoms with Crippen LogP contribution in [0, 0.1) is 0 Å². The maximum atomic E-state index is 11.1. The molecule has 0 radical (unpaired) electrons. The minimum atomic E-state index is -0.939. The van der Waals surface area contributed by atoms with Gasteiger partial charge in [-0.25, -0.2) is 4.98 Å². The molecule has 0 aliphatic rings. The molecule has 0 bridgehead atoms. The average molecular weight is 236 g/mol. The lowest BCUT2D eigenvalue weighted by atomic mass is 9.90. The number of carbonyl (C=O) groups is 1. The van der Waals surface area contributed by atoms with Gasteiger partial charge in [-0.3, -0.25) is 4.79 Å². The highest BCUT2D eigenvalue weighted by molar-refractivity contribution is 7.13. The molecule has 4 nitrogen and oxygen atoms in total. The molecule has 0 fully saturated rings. The number of carboxylic acid groups (broad SMARTS) is 1. The molecular weight excluding hydrogens is 224 g/mol. The van der Waals surface area contributed by atoms with Crippen LogP contribution in [0.4, 0.5) is 0 Å². The van der Waals surface area contributed by atoms with Crippen molar-refractivity contribution in [3.63, 3.8) is 0 Å². The Hall–Kier alpha value is -1.62. The van der Waals surface area contributed by atoms with Gasteiger partial charge in [0.15, 0.2) is 0 Å². The lowest BCUT2D eigenvalue weighted by Crippen LogP contribution is -2.28. The zero-order valence-electron chi connectivity index (χ0n) is 9.02. The van der Waals surface area contributed by atoms with Gasteiger partial charge in [-0.2, -0.15) is 0 Å². The number of nitrogens with zero attached hydrogens (tertiary/aromatic N) is 1. The van der Waals surface area contributed by atoms with E-state index in [1.54, 1.807) is 19.2 Å². The van der Waals surface area contributed by atoms with E-state index < -0.39 is 11.4 Å². The standard InChI is InChI=1S/C11H12N2O2S/c1-11(2,10(14)15)8-6-16-9(13-8)7-3-4-12-5-7/h3-6,12H,1-2H3,(H,14,15). The molecule has 0 aliphatic heterocycles. The number of H-pyrrole nitrogens is 1. The zero-order chi connectivity index (χ0) is 11.8. The number of thiazole rings is 1. The number of hydrogen-bond donors (Lipinski definition) is 2. The third-order valence-corrected chi connectivity index (χ3v) is 3.42. The summed E-state index contributed by atoms with van der Waals surface area (Å²) in [5, 5.41) is 11.7. The second-order valence-corrected chi connectivity index (χ2v) is 4.93. The van der Waals surface area contributed by atoms with Crippen LogP contribution >= 0.6 is 11.3 Å². The Labute approximate surface area is 97.0 Å². The normalized spacial score (nSPS) is 11.6. The van der Waals surface area contributed by atoms with Crippen LogP contribution in [0.5, 0.6) is 0 Å². The SMILES string of the molecule is CC(C)(C(=O)O)c1csc(-c2cc[nH]c2)n1. The number of hydrogen-bond acceptors (Lipinski definition) is 3. The summed E-state index contributed by atoms with van der Waals surface area (Å²) in [6, 6.07) is 1.91. The van der Waals surface area contributed by atoms with Gasteiger partial charge in [-0.1, -0.05) is 0 Å². The van der Waals surface area contributed by atoms with E-state index >= 15 is 0 Å². The van der Waals surface area contributed by atoms with Crippen molar-refractivity contribution in [1.82, 2.24) is 9.97 Å². The van der Waals surface area contributed by atoms with Crippen molar-refractivity contribution in [2.24, 2.45) is 0 Å². The lowest BCUT2D eigenvalue weighted by molar-refractivity contribution is -0.142. The van der Waals surface area contributed by atoms with Gasteiger partial charge in [0.1, 0.15) is 10.4 Å². The number of aromatic nitrogens is 2. The smallest absolute Gasteiger partial charge is 0.315 e. The lowest BCUT2D eigenvalue weighted by Gasteiger charge is -2.15. The molecule has 2 rings (SSSR count). The first kappa shape index (κ1) is 10.9. The number of carboxylic acids is 1. The van der Waals surface area contributed by atoms with E-state index in [4.69, 9.17) is 5.11 Å². The summed E-state index contributed by atoms with van der Waals surface area (Å²) in [5.74, 6) is -0.863. The topological polar surface area (TPSA) is 66.0 Å². The van der Waals surface area contributed by atoms with Crippen LogP contribution in [-0.4, -0.2) is 21.0 Å². The van der Waals surface area contributed by atoms with Crippen molar-refractivity contribution in [2.75, 3.05) is 0 Å². The van der Waals surface area contributed by atoms with Crippen LogP contribution in [0.3, 0.4) is 0 Å². The molecule has 2 aromatic heterocycles. The molecule has 0 spiro atoms. The first-order chi connectivity index (χ1) is 7.51. The average Bonchev–Trinajstić information content (AvgIpc) is 2.88. The summed E-state index contributed by atoms with van der Waals surface area (Å²) in [4.78, 5) is 18.4. The molecule has 2 heterocycles. The predicted molar refractivity (Wildman–Crippen MR) is 62.6 cm³/mol. The van der Waals surface area contributed by atoms with E-state index in [2.05, 4.69) is 9.97 Å². The Morgan fingerprint density at radius 3 is 2.88 bits per heavy atom. The molecule has 5 heteroatoms. The van der Waals surface area contributed by atoms with E-state index in [9.17, 15) is 4.79 Å². The minimum Gasteiger partial charge on any atom is -0.481 e. The van der Waals surface area contributed by atoms with Gasteiger partial charge >= 0.3 is 5.97 Å². The third kappa shape index (κ3) is 1.74. The molecule has 0 unspecified atom stereocenters. The predicted octanol–water partition coefficient (Wildman–Crippen LogP) is 2.50. The number of aromatic amines is 1. The van der Waals surface area contributed by atoms with Gasteiger partial charge in [0.05, 0.1) is 5.69 Å². The highest BCUT2D eigenvalue weighted by atomic mass is 32.1. The van der Waals surface area contributed by atoms with Gasteiger partial charge < -0.3 is 10.1 Å². The van der Waals surface area contributed by atoms with E-state index in [1.807, 2.05) is 18.5 Å². The van der Waals surface area contributed by atoms with E-state index in [1.165, 1.54) is 11.3 Å². The Bertz CT molecular complexity index is 500. The minimum absolute atomic E-state index is 0.598. The van der Waals surface area contributed by atoms with Crippen molar-refractivity contribution >= 4 is 17.3 Å². The number of aliphatic carboxylic acids is 1. The first-order valence-electron chi connectivity index (χ1n) is 4.84. The summed E-state index contributed by atoms with van der Waals surface area (Å²) in [6.07, 6.45) is 3.66. The molecule has 0 saturated carbocycles. The summed E-state index contributed by atoms with van der Waals surface area (Å²) >= 11 is 1.46. The summed E-state index contributed by atoms with van der Waals surface area (Å²) in [5.41, 5.74) is 0.643. The van der Waals surface area contributed by atoms with Gasteiger partial charge in [0.25, 0.3) is 0 Å². The molecule has 0 saturated heterocycles. The molecule has 16 heavy (non-hydrogen) atoms. The van der Waals surface area contributed by atoms with Crippen LogP contribution in [0.25, 0.3) is 10.6 Å². The quantitative estimate of drug-likeness (QED) is 0.860. The van der Waals surface area contributed by atoms with Crippen molar-refractivity contribution in [3.05, 3.63) is 29.5 Å². The fraction of sp³-hybridized carbons (Fsp3) is 0.273. The highest BCUT2D eigenvalue weighted by Crippen LogP contribution is 2.29. The van der Waals surface area contributed by atoms with E-state index in [0.29, 0.717) is 5.69 Å². The fourth-order valence-electron chi connectivity index (χ4n) is 1.26. The van der Waals surface area contributed by atoms with E-state index in [0.717, 1.165) is 10.6 Å². The monoisotopic (exact) mass is 236 g/mol. The first-order valence-corrected chi connectivity index (χ1v) is 5.72. The molecule has 2 aromatic rings. The van der Waals surface area contributed by atoms with Crippen molar-refractivity contribution in [3.8, 4) is 10.6 Å². The Kier molecular flexibility index (Phi) is 2.55. The van der Waals surface area contributed by atoms with Crippen molar-refractivity contribution < 1.29 is 9.90 Å². The van der Waals surface area contributed by atoms with Gasteiger partial charge in [-0.05, 0) is 19.9 Å². The fourth-order valence-corrected chi connectivity index (χ4v) is 2.24. The summed E-state index contributed by atoms with van der Waals surface area (Å²) < 4.78 is 0. The third-order valence-electron chi connectivity index (χ3n) is 2.52. The Morgan fingerprint density at radius 2 is 2.31 bits per heavy atom. The Morgan fingerprint density at radius 1 is 1.56 bits per heavy atom. The maximum absolute atomic E-state index is 11.1. The van der Waals surface area contributed by atoms with Crippen LogP contribution in [0.1, 0.15) is 19.5 Å². The Balaban J connectivity index is 2.37. The summed E-state index contributed by atoms with van der Waals surface area (Å²) in [6.45, 7) is 3.32. The summed E-state index contributed by atoms with van der Waals surface area (Å²) in [7, 11) is 0. The zero-order valence-corrected chi connectivity index (χ0v) is 9.84.